The summed E-state index contributed by atoms with van der Waals surface area (Å²) >= 11 is 0. The van der Waals surface area contributed by atoms with Crippen LogP contribution in [0.1, 0.15) is 38.2 Å². The molecule has 1 unspecified atom stereocenters. The van der Waals surface area contributed by atoms with Crippen molar-refractivity contribution in [2.75, 3.05) is 13.6 Å². The van der Waals surface area contributed by atoms with Crippen LogP contribution in [-0.2, 0) is 10.2 Å². The van der Waals surface area contributed by atoms with Crippen molar-refractivity contribution < 1.29 is 9.18 Å². The van der Waals surface area contributed by atoms with E-state index in [9.17, 15) is 9.18 Å². The van der Waals surface area contributed by atoms with Gasteiger partial charge >= 0.3 is 0 Å². The minimum atomic E-state index is -0.471. The number of carbonyl (C=O) groups excluding carboxylic acids is 1. The second-order valence-electron chi connectivity index (χ2n) is 5.70. The van der Waals surface area contributed by atoms with Crippen molar-refractivity contribution in [2.24, 2.45) is 0 Å². The van der Waals surface area contributed by atoms with Crippen LogP contribution in [0, 0.1) is 5.82 Å². The van der Waals surface area contributed by atoms with Crippen molar-refractivity contribution in [1.29, 1.82) is 0 Å². The van der Waals surface area contributed by atoms with Gasteiger partial charge < -0.3 is 10.6 Å². The smallest absolute Gasteiger partial charge is 0.230 e. The van der Waals surface area contributed by atoms with E-state index in [2.05, 4.69) is 10.6 Å². The van der Waals surface area contributed by atoms with Gasteiger partial charge in [-0.25, -0.2) is 4.39 Å². The number of hydrogen-bond acceptors (Lipinski definition) is 2. The molecule has 110 valence electrons. The Morgan fingerprint density at radius 2 is 1.90 bits per heavy atom. The second kappa shape index (κ2) is 6.35. The molecule has 1 atom stereocenters. The predicted octanol–water partition coefficient (Wildman–Crippen LogP) is 2.36. The van der Waals surface area contributed by atoms with Gasteiger partial charge in [0.25, 0.3) is 0 Å². The van der Waals surface area contributed by atoms with Crippen molar-refractivity contribution in [1.82, 2.24) is 10.6 Å². The van der Waals surface area contributed by atoms with Gasteiger partial charge in [-0.05, 0) is 44.5 Å². The van der Waals surface area contributed by atoms with Crippen molar-refractivity contribution in [3.8, 4) is 0 Å². The molecule has 0 radical (unpaired) electrons. The number of rotatable bonds is 5. The summed E-state index contributed by atoms with van der Waals surface area (Å²) in [6, 6.07) is 6.63. The average molecular weight is 278 g/mol. The monoisotopic (exact) mass is 278 g/mol. The van der Waals surface area contributed by atoms with Gasteiger partial charge in [-0.2, -0.15) is 0 Å². The fourth-order valence-electron chi connectivity index (χ4n) is 2.91. The fraction of sp³-hybridized carbons (Fsp3) is 0.562. The second-order valence-corrected chi connectivity index (χ2v) is 5.70. The molecule has 20 heavy (non-hydrogen) atoms. The highest BCUT2D eigenvalue weighted by Gasteiger charge is 2.42. The molecule has 2 N–H and O–H groups in total. The predicted molar refractivity (Wildman–Crippen MR) is 78.1 cm³/mol. The van der Waals surface area contributed by atoms with Crippen LogP contribution in [0.15, 0.2) is 24.3 Å². The van der Waals surface area contributed by atoms with Gasteiger partial charge in [0.05, 0.1) is 5.41 Å². The van der Waals surface area contributed by atoms with Crippen LogP contribution in [0.4, 0.5) is 4.39 Å². The van der Waals surface area contributed by atoms with Gasteiger partial charge in [0.1, 0.15) is 5.82 Å². The van der Waals surface area contributed by atoms with Gasteiger partial charge in [0.2, 0.25) is 5.91 Å². The summed E-state index contributed by atoms with van der Waals surface area (Å²) in [5.41, 5.74) is 0.465. The normalized spacial score (nSPS) is 18.8. The Bertz CT molecular complexity index is 452. The molecule has 0 heterocycles. The van der Waals surface area contributed by atoms with E-state index in [1.165, 1.54) is 12.1 Å². The lowest BCUT2D eigenvalue weighted by atomic mass is 9.78. The minimum Gasteiger partial charge on any atom is -0.354 e. The third-order valence-electron chi connectivity index (χ3n) is 4.35. The van der Waals surface area contributed by atoms with Gasteiger partial charge in [0.15, 0.2) is 0 Å². The summed E-state index contributed by atoms with van der Waals surface area (Å²) in [5.74, 6) is -0.185. The standard InChI is InChI=1S/C16H23FN2O/c1-12(18-2)11-19-15(20)16(9-3-4-10-16)13-5-7-14(17)8-6-13/h5-8,12,18H,3-4,9-11H2,1-2H3,(H,19,20). The summed E-state index contributed by atoms with van der Waals surface area (Å²) in [5, 5.41) is 6.14. The van der Waals surface area contributed by atoms with Gasteiger partial charge in [-0.3, -0.25) is 4.79 Å². The Hall–Kier alpha value is -1.42. The molecule has 0 bridgehead atoms. The number of likely N-dealkylation sites (N-methyl/N-ethyl adjacent to an activating group) is 1. The van der Waals surface area contributed by atoms with E-state index < -0.39 is 5.41 Å². The number of halogens is 1. The Kier molecular flexibility index (Phi) is 4.76. The van der Waals surface area contributed by atoms with Crippen LogP contribution in [0.2, 0.25) is 0 Å². The molecule has 3 nitrogen and oxygen atoms in total. The third-order valence-corrected chi connectivity index (χ3v) is 4.35. The van der Waals surface area contributed by atoms with Crippen molar-refractivity contribution in [3.05, 3.63) is 35.6 Å². The molecule has 1 saturated carbocycles. The van der Waals surface area contributed by atoms with E-state index in [1.54, 1.807) is 12.1 Å². The van der Waals surface area contributed by atoms with E-state index >= 15 is 0 Å². The minimum absolute atomic E-state index is 0.0729. The zero-order valence-electron chi connectivity index (χ0n) is 12.2. The first-order valence-corrected chi connectivity index (χ1v) is 7.30. The third kappa shape index (κ3) is 3.01. The zero-order chi connectivity index (χ0) is 14.6. The average Bonchev–Trinajstić information content (AvgIpc) is 2.95. The maximum absolute atomic E-state index is 13.1. The van der Waals surface area contributed by atoms with Crippen molar-refractivity contribution in [3.63, 3.8) is 0 Å². The van der Waals surface area contributed by atoms with Crippen LogP contribution < -0.4 is 10.6 Å². The Morgan fingerprint density at radius 1 is 1.30 bits per heavy atom. The van der Waals surface area contributed by atoms with Crippen LogP contribution in [0.3, 0.4) is 0 Å². The molecule has 0 saturated heterocycles. The topological polar surface area (TPSA) is 41.1 Å². The first-order valence-electron chi connectivity index (χ1n) is 7.30. The van der Waals surface area contributed by atoms with Crippen molar-refractivity contribution >= 4 is 5.91 Å². The molecule has 1 amide bonds. The molecule has 1 aromatic rings. The molecule has 1 aliphatic carbocycles. The Morgan fingerprint density at radius 3 is 2.45 bits per heavy atom. The first kappa shape index (κ1) is 15.0. The number of carbonyl (C=O) groups is 1. The summed E-state index contributed by atoms with van der Waals surface area (Å²) in [7, 11) is 1.88. The van der Waals surface area contributed by atoms with Gasteiger partial charge in [-0.1, -0.05) is 25.0 Å². The molecule has 1 aromatic carbocycles. The highest BCUT2D eigenvalue weighted by molar-refractivity contribution is 5.88. The molecular formula is C16H23FN2O. The Balaban J connectivity index is 2.17. The molecule has 0 spiro atoms. The van der Waals surface area contributed by atoms with Crippen molar-refractivity contribution in [2.45, 2.75) is 44.1 Å². The van der Waals surface area contributed by atoms with Crippen LogP contribution in [0.5, 0.6) is 0 Å². The molecule has 0 aliphatic heterocycles. The summed E-state index contributed by atoms with van der Waals surface area (Å²) in [6.45, 7) is 2.64. The fourth-order valence-corrected chi connectivity index (χ4v) is 2.91. The van der Waals surface area contributed by atoms with Gasteiger partial charge in [0, 0.05) is 12.6 Å². The van der Waals surface area contributed by atoms with Crippen LogP contribution in [-0.4, -0.2) is 25.5 Å². The molecule has 0 aromatic heterocycles. The van der Waals surface area contributed by atoms with E-state index in [4.69, 9.17) is 0 Å². The molecule has 2 rings (SSSR count). The number of benzene rings is 1. The lowest BCUT2D eigenvalue weighted by Crippen LogP contribution is -2.46. The van der Waals surface area contributed by atoms with E-state index in [0.717, 1.165) is 31.2 Å². The van der Waals surface area contributed by atoms with E-state index in [-0.39, 0.29) is 17.8 Å². The van der Waals surface area contributed by atoms with Crippen LogP contribution >= 0.6 is 0 Å². The molecule has 1 aliphatic rings. The number of amides is 1. The summed E-state index contributed by atoms with van der Waals surface area (Å²) < 4.78 is 13.1. The molecular weight excluding hydrogens is 255 g/mol. The highest BCUT2D eigenvalue weighted by Crippen LogP contribution is 2.41. The zero-order valence-corrected chi connectivity index (χ0v) is 12.2. The quantitative estimate of drug-likeness (QED) is 0.868. The SMILES string of the molecule is CNC(C)CNC(=O)C1(c2ccc(F)cc2)CCCC1. The molecule has 1 fully saturated rings. The summed E-state index contributed by atoms with van der Waals surface area (Å²) in [6.07, 6.45) is 3.79. The van der Waals surface area contributed by atoms with E-state index in [0.29, 0.717) is 6.54 Å². The lowest BCUT2D eigenvalue weighted by molar-refractivity contribution is -0.126. The number of hydrogen-bond donors (Lipinski definition) is 2. The van der Waals surface area contributed by atoms with Gasteiger partial charge in [-0.15, -0.1) is 0 Å². The van der Waals surface area contributed by atoms with E-state index in [1.807, 2.05) is 14.0 Å². The maximum Gasteiger partial charge on any atom is 0.230 e. The highest BCUT2D eigenvalue weighted by atomic mass is 19.1. The summed E-state index contributed by atoms with van der Waals surface area (Å²) in [4.78, 5) is 12.6. The number of nitrogens with one attached hydrogen (secondary N) is 2. The lowest BCUT2D eigenvalue weighted by Gasteiger charge is -2.29. The largest absolute Gasteiger partial charge is 0.354 e. The molecule has 4 heteroatoms. The van der Waals surface area contributed by atoms with Crippen LogP contribution in [0.25, 0.3) is 0 Å². The maximum atomic E-state index is 13.1. The first-order chi connectivity index (χ1) is 9.58. The Labute approximate surface area is 120 Å².